The molecule has 2 aromatic carbocycles. The summed E-state index contributed by atoms with van der Waals surface area (Å²) < 4.78 is 0. The molecular formula is C48H69N15O11S2. The molecule has 2 fully saturated rings. The van der Waals surface area contributed by atoms with Crippen molar-refractivity contribution in [2.75, 3.05) is 31.1 Å². The number of aliphatic imine (C=N–C) groups is 1. The van der Waals surface area contributed by atoms with Crippen LogP contribution in [0.25, 0.3) is 0 Å². The van der Waals surface area contributed by atoms with Gasteiger partial charge in [-0.2, -0.15) is 0 Å². The number of guanidine groups is 1. The van der Waals surface area contributed by atoms with Crippen molar-refractivity contribution < 1.29 is 52.7 Å². The summed E-state index contributed by atoms with van der Waals surface area (Å²) in [4.78, 5) is 154. The van der Waals surface area contributed by atoms with Crippen LogP contribution in [0.5, 0.6) is 0 Å². The quantitative estimate of drug-likeness (QED) is 0.0257. The number of primary amides is 3. The van der Waals surface area contributed by atoms with E-state index in [4.69, 9.17) is 34.4 Å². The highest BCUT2D eigenvalue weighted by molar-refractivity contribution is 8.76. The third-order valence-corrected chi connectivity index (χ3v) is 14.6. The smallest absolute Gasteiger partial charge is 0.246 e. The van der Waals surface area contributed by atoms with Crippen LogP contribution in [0.15, 0.2) is 59.6 Å². The molecule has 19 N–H and O–H groups in total. The van der Waals surface area contributed by atoms with Gasteiger partial charge in [0, 0.05) is 43.9 Å². The highest BCUT2D eigenvalue weighted by Gasteiger charge is 2.41. The minimum Gasteiger partial charge on any atom is -0.370 e. The number of nitrogens with two attached hydrogens (primary N) is 6. The molecule has 0 bridgehead atoms. The number of nitrogens with one attached hydrogen (secondary N) is 7. The number of carbonyl (C=O) groups is 11. The van der Waals surface area contributed by atoms with E-state index in [1.807, 2.05) is 19.1 Å². The first-order valence-electron chi connectivity index (χ1n) is 24.6. The van der Waals surface area contributed by atoms with Crippen molar-refractivity contribution in [3.8, 4) is 0 Å². The van der Waals surface area contributed by atoms with Crippen molar-refractivity contribution in [2.24, 2.45) is 39.4 Å². The summed E-state index contributed by atoms with van der Waals surface area (Å²) in [6, 6.07) is 4.66. The van der Waals surface area contributed by atoms with Crippen LogP contribution in [0.1, 0.15) is 68.6 Å². The predicted octanol–water partition coefficient (Wildman–Crippen LogP) is -4.55. The lowest BCUT2D eigenvalue weighted by Gasteiger charge is -2.31. The maximum Gasteiger partial charge on any atom is 0.246 e. The van der Waals surface area contributed by atoms with Crippen molar-refractivity contribution in [2.45, 2.75) is 119 Å². The SMILES string of the molecule is CCc1ccccc1C[C@H]1NC(=O)[C@@H](N)CSSC[C@@H](C(=O)N2CCC[C@H]2C(=O)N[C@H](CCCN=C(N)N)C(=O)NCC(N)=O)NC(=O)[C@H](CC(N)=O)NC(=O)[C@H](CCC(N)=O)NC(=O)[C@H](Cc2ccccc2)NC1=O. The van der Waals surface area contributed by atoms with E-state index in [2.05, 4.69) is 42.2 Å². The number of carbonyl (C=O) groups excluding carboxylic acids is 11. The van der Waals surface area contributed by atoms with Crippen molar-refractivity contribution in [3.63, 3.8) is 0 Å². The van der Waals surface area contributed by atoms with Gasteiger partial charge in [0.25, 0.3) is 0 Å². The number of rotatable bonds is 20. The second kappa shape index (κ2) is 30.8. The Kier molecular flexibility index (Phi) is 24.8. The summed E-state index contributed by atoms with van der Waals surface area (Å²) >= 11 is 0. The summed E-state index contributed by atoms with van der Waals surface area (Å²) in [7, 11) is 2.05. The van der Waals surface area contributed by atoms with Gasteiger partial charge in [0.2, 0.25) is 65.0 Å². The number of aryl methyl sites for hydroxylation is 1. The molecule has 11 amide bonds. The van der Waals surface area contributed by atoms with Crippen molar-refractivity contribution in [3.05, 3.63) is 71.3 Å². The Bertz CT molecular complexity index is 2450. The van der Waals surface area contributed by atoms with Gasteiger partial charge in [-0.3, -0.25) is 57.7 Å². The fourth-order valence-corrected chi connectivity index (χ4v) is 10.5. The van der Waals surface area contributed by atoms with Gasteiger partial charge in [0.05, 0.1) is 19.0 Å². The average molecular weight is 1100 g/mol. The van der Waals surface area contributed by atoms with Crippen LogP contribution in [0.2, 0.25) is 0 Å². The van der Waals surface area contributed by atoms with E-state index < -0.39 is 139 Å². The zero-order valence-corrected chi connectivity index (χ0v) is 43.7. The highest BCUT2D eigenvalue weighted by Crippen LogP contribution is 2.26. The van der Waals surface area contributed by atoms with E-state index in [9.17, 15) is 52.7 Å². The lowest BCUT2D eigenvalue weighted by atomic mass is 9.97. The Morgan fingerprint density at radius 1 is 0.711 bits per heavy atom. The summed E-state index contributed by atoms with van der Waals surface area (Å²) in [5, 5.41) is 18.0. The third kappa shape index (κ3) is 20.0. The molecule has 0 unspecified atom stereocenters. The van der Waals surface area contributed by atoms with E-state index in [1.165, 1.54) is 4.90 Å². The van der Waals surface area contributed by atoms with Crippen LogP contribution in [0, 0.1) is 0 Å². The summed E-state index contributed by atoms with van der Waals surface area (Å²) in [6.45, 7) is 1.51. The molecule has 28 heteroatoms. The summed E-state index contributed by atoms with van der Waals surface area (Å²) in [5.41, 5.74) is 35.7. The van der Waals surface area contributed by atoms with Gasteiger partial charge >= 0.3 is 0 Å². The van der Waals surface area contributed by atoms with Gasteiger partial charge < -0.3 is 76.5 Å². The molecule has 8 atom stereocenters. The average Bonchev–Trinajstić information content (AvgIpc) is 3.88. The number of likely N-dealkylation sites (tertiary alicyclic amines) is 1. The maximum absolute atomic E-state index is 14.6. The van der Waals surface area contributed by atoms with Gasteiger partial charge in [-0.1, -0.05) is 83.1 Å². The van der Waals surface area contributed by atoms with Crippen molar-refractivity contribution in [1.82, 2.24) is 42.1 Å². The molecule has 4 rings (SSSR count). The Hall–Kier alpha value is -7.46. The molecule has 2 saturated heterocycles. The van der Waals surface area contributed by atoms with E-state index in [-0.39, 0.29) is 62.7 Å². The van der Waals surface area contributed by atoms with Crippen LogP contribution in [0.3, 0.4) is 0 Å². The van der Waals surface area contributed by atoms with Crippen LogP contribution in [-0.4, -0.2) is 155 Å². The van der Waals surface area contributed by atoms with E-state index in [0.29, 0.717) is 18.4 Å². The highest BCUT2D eigenvalue weighted by atomic mass is 33.1. The van der Waals surface area contributed by atoms with Gasteiger partial charge in [-0.15, -0.1) is 0 Å². The minimum atomic E-state index is -1.78. The first kappa shape index (κ1) is 61.1. The summed E-state index contributed by atoms with van der Waals surface area (Å²) in [6.07, 6.45) is -0.535. The predicted molar refractivity (Wildman–Crippen MR) is 283 cm³/mol. The zero-order chi connectivity index (χ0) is 55.9. The lowest BCUT2D eigenvalue weighted by molar-refractivity contribution is -0.142. The van der Waals surface area contributed by atoms with E-state index in [0.717, 1.165) is 32.7 Å². The van der Waals surface area contributed by atoms with Gasteiger partial charge in [0.1, 0.15) is 42.3 Å². The zero-order valence-electron chi connectivity index (χ0n) is 42.1. The molecule has 26 nitrogen and oxygen atoms in total. The number of hydrogen-bond donors (Lipinski definition) is 13. The molecule has 2 aromatic rings. The molecule has 2 aliphatic heterocycles. The number of hydrogen-bond acceptors (Lipinski definition) is 15. The van der Waals surface area contributed by atoms with Crippen LogP contribution >= 0.6 is 21.6 Å². The molecule has 0 aromatic heterocycles. The van der Waals surface area contributed by atoms with Crippen LogP contribution in [0.4, 0.5) is 0 Å². The molecule has 2 heterocycles. The number of benzene rings is 2. The largest absolute Gasteiger partial charge is 0.370 e. The van der Waals surface area contributed by atoms with Crippen LogP contribution in [-0.2, 0) is 72.0 Å². The van der Waals surface area contributed by atoms with E-state index >= 15 is 0 Å². The van der Waals surface area contributed by atoms with E-state index in [1.54, 1.807) is 42.5 Å². The van der Waals surface area contributed by atoms with Gasteiger partial charge in [-0.25, -0.2) is 0 Å². The van der Waals surface area contributed by atoms with Crippen molar-refractivity contribution >= 4 is 92.5 Å². The van der Waals surface area contributed by atoms with Gasteiger partial charge in [-0.05, 0) is 55.2 Å². The number of amides is 11. The first-order valence-corrected chi connectivity index (χ1v) is 27.1. The molecule has 76 heavy (non-hydrogen) atoms. The third-order valence-electron chi connectivity index (χ3n) is 12.2. The molecule has 0 aliphatic carbocycles. The lowest BCUT2D eigenvalue weighted by Crippen LogP contribution is -2.61. The fraction of sp³-hybridized carbons (Fsp3) is 0.500. The second-order valence-electron chi connectivity index (χ2n) is 18.1. The fourth-order valence-electron chi connectivity index (χ4n) is 8.25. The maximum atomic E-state index is 14.6. The standard InChI is InChI=1S/C48H69N15O11S2/c1-2-27-12-6-7-13-28(27)21-33-44(71)60-32(20-26-10-4-3-5-11-26)43(70)57-31(16-17-37(50)64)42(69)61-34(22-38(51)65)45(72)62-35(25-76-75-24-29(49)40(67)59-33)47(74)63-19-9-15-36(63)46(73)58-30(14-8-18-55-48(53)54)41(68)56-23-39(52)66/h3-7,10-13,29-36H,2,8-9,14-25,49H2,1H3,(H2,50,64)(H2,51,65)(H2,52,66)(H,56,68)(H,57,70)(H,58,73)(H,59,67)(H,60,71)(H,61,69)(H,62,72)(H4,53,54,55)/t29-,30+,31-,32-,33+,34-,35-,36-/m0/s1. The topological polar surface area (TPSA) is 444 Å². The minimum absolute atomic E-state index is 0.00939. The molecule has 0 saturated carbocycles. The molecule has 0 spiro atoms. The molecule has 2 aliphatic rings. The second-order valence-corrected chi connectivity index (χ2v) is 20.6. The normalized spacial score (nSPS) is 22.5. The Balaban J connectivity index is 1.72. The first-order chi connectivity index (χ1) is 36.2. The Morgan fingerprint density at radius 3 is 1.95 bits per heavy atom. The molecule has 414 valence electrons. The van der Waals surface area contributed by atoms with Crippen LogP contribution < -0.4 is 71.6 Å². The number of nitrogens with zero attached hydrogens (tertiary/aromatic N) is 2. The Morgan fingerprint density at radius 2 is 1.30 bits per heavy atom. The molecule has 0 radical (unpaired) electrons. The Labute approximate surface area is 447 Å². The monoisotopic (exact) mass is 1100 g/mol. The summed E-state index contributed by atoms with van der Waals surface area (Å²) in [5.74, 6) is -10.1. The van der Waals surface area contributed by atoms with Gasteiger partial charge in [0.15, 0.2) is 5.96 Å². The van der Waals surface area contributed by atoms with Crippen molar-refractivity contribution in [1.29, 1.82) is 0 Å². The molecular weight excluding hydrogens is 1030 g/mol.